The second kappa shape index (κ2) is 9.00. The topological polar surface area (TPSA) is 78.3 Å². The van der Waals surface area contributed by atoms with Crippen LogP contribution in [0.1, 0.15) is 56.8 Å². The maximum Gasteiger partial charge on any atom is 0.229 e. The Labute approximate surface area is 177 Å². The number of fused-ring (bicyclic) bond motifs is 1. The van der Waals surface area contributed by atoms with Crippen LogP contribution in [0.4, 0.5) is 0 Å². The second-order valence-corrected chi connectivity index (χ2v) is 8.56. The van der Waals surface area contributed by atoms with E-state index in [-0.39, 0.29) is 17.9 Å². The van der Waals surface area contributed by atoms with Crippen molar-refractivity contribution in [3.8, 4) is 0 Å². The number of H-pyrrole nitrogens is 1. The van der Waals surface area contributed by atoms with Gasteiger partial charge >= 0.3 is 0 Å². The highest BCUT2D eigenvalue weighted by molar-refractivity contribution is 5.83. The number of aromatic nitrogens is 3. The Morgan fingerprint density at radius 1 is 1.37 bits per heavy atom. The van der Waals surface area contributed by atoms with Crippen molar-refractivity contribution in [2.75, 3.05) is 19.6 Å². The molecule has 1 aliphatic rings. The molecule has 0 saturated carbocycles. The summed E-state index contributed by atoms with van der Waals surface area (Å²) >= 11 is 0. The molecule has 1 fully saturated rings. The zero-order valence-electron chi connectivity index (χ0n) is 18.1. The van der Waals surface area contributed by atoms with Crippen molar-refractivity contribution in [3.63, 3.8) is 0 Å². The number of likely N-dealkylation sites (tertiary alicyclic amines) is 1. The molecule has 3 aromatic rings. The highest BCUT2D eigenvalue weighted by Crippen LogP contribution is 2.23. The first-order valence-electron chi connectivity index (χ1n) is 10.9. The van der Waals surface area contributed by atoms with E-state index in [2.05, 4.69) is 50.5 Å². The molecule has 1 amide bonds. The summed E-state index contributed by atoms with van der Waals surface area (Å²) in [6.45, 7) is 9.20. The fourth-order valence-corrected chi connectivity index (χ4v) is 4.35. The molecule has 1 N–H and O–H groups in total. The largest absolute Gasteiger partial charge is 0.361 e. The van der Waals surface area contributed by atoms with Gasteiger partial charge in [0.05, 0.1) is 0 Å². The Kier molecular flexibility index (Phi) is 6.18. The molecule has 0 radical (unpaired) electrons. The molecule has 0 spiro atoms. The van der Waals surface area contributed by atoms with Crippen molar-refractivity contribution < 1.29 is 9.32 Å². The highest BCUT2D eigenvalue weighted by atomic mass is 16.5. The van der Waals surface area contributed by atoms with Crippen molar-refractivity contribution in [2.45, 2.75) is 58.5 Å². The predicted molar refractivity (Wildman–Crippen MR) is 116 cm³/mol. The summed E-state index contributed by atoms with van der Waals surface area (Å²) in [6.07, 6.45) is 4.86. The fourth-order valence-electron chi connectivity index (χ4n) is 4.35. The van der Waals surface area contributed by atoms with E-state index in [9.17, 15) is 4.79 Å². The minimum atomic E-state index is 0.113. The van der Waals surface area contributed by atoms with Crippen molar-refractivity contribution in [1.29, 1.82) is 0 Å². The molecule has 30 heavy (non-hydrogen) atoms. The van der Waals surface area contributed by atoms with Crippen LogP contribution in [0, 0.1) is 0 Å². The van der Waals surface area contributed by atoms with E-state index in [1.165, 1.54) is 16.5 Å². The molecule has 1 aliphatic heterocycles. The summed E-state index contributed by atoms with van der Waals surface area (Å²) in [7, 11) is 0. The quantitative estimate of drug-likeness (QED) is 0.643. The molecule has 0 bridgehead atoms. The van der Waals surface area contributed by atoms with Crippen molar-refractivity contribution in [3.05, 3.63) is 47.7 Å². The zero-order chi connectivity index (χ0) is 21.1. The number of carbonyl (C=O) groups excluding carboxylic acids is 1. The van der Waals surface area contributed by atoms with Gasteiger partial charge in [0, 0.05) is 62.0 Å². The van der Waals surface area contributed by atoms with Gasteiger partial charge in [-0.25, -0.2) is 0 Å². The standard InChI is InChI=1S/C23H31N5O2/c1-16(2)23-25-22(26-30-23)10-12-28(17(3)29)19-7-6-11-27(15-19)14-18-13-24-21-9-5-4-8-20(18)21/h4-5,8-9,13,16,19,24H,6-7,10-12,14-15H2,1-3H3. The zero-order valence-corrected chi connectivity index (χ0v) is 18.1. The number of benzene rings is 1. The minimum absolute atomic E-state index is 0.113. The van der Waals surface area contributed by atoms with Crippen molar-refractivity contribution >= 4 is 16.8 Å². The second-order valence-electron chi connectivity index (χ2n) is 8.56. The molecule has 4 rings (SSSR count). The van der Waals surface area contributed by atoms with E-state index < -0.39 is 0 Å². The lowest BCUT2D eigenvalue weighted by Crippen LogP contribution is -2.50. The van der Waals surface area contributed by atoms with E-state index in [0.29, 0.717) is 24.7 Å². The maximum absolute atomic E-state index is 12.4. The normalized spacial score (nSPS) is 17.7. The minimum Gasteiger partial charge on any atom is -0.361 e. The van der Waals surface area contributed by atoms with Gasteiger partial charge in [0.2, 0.25) is 11.8 Å². The maximum atomic E-state index is 12.4. The lowest BCUT2D eigenvalue weighted by atomic mass is 10.0. The molecular formula is C23H31N5O2. The van der Waals surface area contributed by atoms with E-state index in [0.717, 1.165) is 32.5 Å². The lowest BCUT2D eigenvalue weighted by molar-refractivity contribution is -0.132. The van der Waals surface area contributed by atoms with E-state index in [1.54, 1.807) is 6.92 Å². The number of aromatic amines is 1. The first-order valence-corrected chi connectivity index (χ1v) is 10.9. The SMILES string of the molecule is CC(=O)N(CCc1noc(C(C)C)n1)C1CCCN(Cc2c[nH]c3ccccc23)C1. The first kappa shape index (κ1) is 20.6. The molecular weight excluding hydrogens is 378 g/mol. The predicted octanol–water partition coefficient (Wildman–Crippen LogP) is 3.73. The summed E-state index contributed by atoms with van der Waals surface area (Å²) < 4.78 is 5.30. The van der Waals surface area contributed by atoms with Gasteiger partial charge in [-0.3, -0.25) is 9.69 Å². The Hall–Kier alpha value is -2.67. The molecule has 7 nitrogen and oxygen atoms in total. The number of nitrogens with zero attached hydrogens (tertiary/aromatic N) is 4. The van der Waals surface area contributed by atoms with Crippen LogP contribution in [0.15, 0.2) is 35.0 Å². The van der Waals surface area contributed by atoms with Crippen LogP contribution in [0.3, 0.4) is 0 Å². The van der Waals surface area contributed by atoms with Gasteiger partial charge in [0.25, 0.3) is 0 Å². The van der Waals surface area contributed by atoms with Crippen molar-refractivity contribution in [1.82, 2.24) is 24.9 Å². The van der Waals surface area contributed by atoms with E-state index >= 15 is 0 Å². The van der Waals surface area contributed by atoms with Gasteiger partial charge < -0.3 is 14.4 Å². The summed E-state index contributed by atoms with van der Waals surface area (Å²) in [4.78, 5) is 24.7. The summed E-state index contributed by atoms with van der Waals surface area (Å²) in [5.41, 5.74) is 2.49. The number of para-hydroxylation sites is 1. The molecule has 0 aliphatic carbocycles. The third-order valence-electron chi connectivity index (χ3n) is 5.95. The first-order chi connectivity index (χ1) is 14.5. The molecule has 7 heteroatoms. The highest BCUT2D eigenvalue weighted by Gasteiger charge is 2.27. The third kappa shape index (κ3) is 4.56. The molecule has 3 heterocycles. The molecule has 1 saturated heterocycles. The number of carbonyl (C=O) groups is 1. The average molecular weight is 410 g/mol. The van der Waals surface area contributed by atoms with E-state index in [4.69, 9.17) is 4.52 Å². The lowest BCUT2D eigenvalue weighted by Gasteiger charge is -2.39. The number of piperidine rings is 1. The van der Waals surface area contributed by atoms with Crippen LogP contribution in [0.25, 0.3) is 10.9 Å². The molecule has 1 unspecified atom stereocenters. The average Bonchev–Trinajstić information content (AvgIpc) is 3.36. The van der Waals surface area contributed by atoms with Gasteiger partial charge in [-0.05, 0) is 31.0 Å². The van der Waals surface area contributed by atoms with Crippen molar-refractivity contribution in [2.24, 2.45) is 0 Å². The van der Waals surface area contributed by atoms with Gasteiger partial charge in [-0.2, -0.15) is 4.98 Å². The van der Waals surface area contributed by atoms with Crippen LogP contribution in [-0.4, -0.2) is 56.5 Å². The van der Waals surface area contributed by atoms with Gasteiger partial charge in [0.15, 0.2) is 5.82 Å². The van der Waals surface area contributed by atoms with E-state index in [1.807, 2.05) is 18.7 Å². The molecule has 2 aromatic heterocycles. The Balaban J connectivity index is 1.39. The Morgan fingerprint density at radius 3 is 2.97 bits per heavy atom. The van der Waals surface area contributed by atoms with Crippen LogP contribution in [-0.2, 0) is 17.8 Å². The number of rotatable bonds is 7. The van der Waals surface area contributed by atoms with Crippen LogP contribution >= 0.6 is 0 Å². The number of hydrogen-bond acceptors (Lipinski definition) is 5. The molecule has 1 atom stereocenters. The number of nitrogens with one attached hydrogen (secondary N) is 1. The smallest absolute Gasteiger partial charge is 0.229 e. The summed E-state index contributed by atoms with van der Waals surface area (Å²) in [5.74, 6) is 1.66. The van der Waals surface area contributed by atoms with Gasteiger partial charge in [-0.15, -0.1) is 0 Å². The summed E-state index contributed by atoms with van der Waals surface area (Å²) in [5, 5.41) is 5.35. The fraction of sp³-hybridized carbons (Fsp3) is 0.522. The van der Waals surface area contributed by atoms with Gasteiger partial charge in [0.1, 0.15) is 0 Å². The number of hydrogen-bond donors (Lipinski definition) is 1. The van der Waals surface area contributed by atoms with Crippen LogP contribution < -0.4 is 0 Å². The Bertz CT molecular complexity index is 992. The molecule has 1 aromatic carbocycles. The van der Waals surface area contributed by atoms with Gasteiger partial charge in [-0.1, -0.05) is 37.2 Å². The summed E-state index contributed by atoms with van der Waals surface area (Å²) in [6, 6.07) is 8.63. The van der Waals surface area contributed by atoms with Crippen LogP contribution in [0.5, 0.6) is 0 Å². The monoisotopic (exact) mass is 409 g/mol. The molecule has 160 valence electrons. The Morgan fingerprint density at radius 2 is 2.20 bits per heavy atom. The van der Waals surface area contributed by atoms with Crippen LogP contribution in [0.2, 0.25) is 0 Å². The third-order valence-corrected chi connectivity index (χ3v) is 5.95. The number of amides is 1.